The standard InChI is InChI=1S/C17H9ClN4O3S2/c1-20-15-4-2-12(9-14(15)18)25-16-5-3-13(8-11(16)10-19)27(23,24)22-17-21-6-7-26-17/h2-9H,(H,21,22). The van der Waals surface area contributed by atoms with Gasteiger partial charge in [-0.05, 0) is 30.3 Å². The van der Waals surface area contributed by atoms with Crippen LogP contribution in [0.15, 0.2) is 52.9 Å². The number of nitrogens with zero attached hydrogens (tertiary/aromatic N) is 3. The Balaban J connectivity index is 1.90. The predicted molar refractivity (Wildman–Crippen MR) is 102 cm³/mol. The van der Waals surface area contributed by atoms with Gasteiger partial charge in [-0.1, -0.05) is 17.7 Å². The van der Waals surface area contributed by atoms with Gasteiger partial charge in [-0.3, -0.25) is 4.72 Å². The van der Waals surface area contributed by atoms with Gasteiger partial charge in [0.05, 0.1) is 22.1 Å². The summed E-state index contributed by atoms with van der Waals surface area (Å²) in [6, 6.07) is 10.3. The summed E-state index contributed by atoms with van der Waals surface area (Å²) in [7, 11) is -3.88. The molecule has 7 nitrogen and oxygen atoms in total. The fraction of sp³-hybridized carbons (Fsp3) is 0. The first-order valence-electron chi connectivity index (χ1n) is 7.24. The highest BCUT2D eigenvalue weighted by Crippen LogP contribution is 2.33. The minimum atomic E-state index is -3.88. The third-order valence-electron chi connectivity index (χ3n) is 3.30. The van der Waals surface area contributed by atoms with E-state index in [4.69, 9.17) is 22.9 Å². The largest absolute Gasteiger partial charge is 0.456 e. The van der Waals surface area contributed by atoms with Gasteiger partial charge in [0, 0.05) is 11.6 Å². The Labute approximate surface area is 164 Å². The highest BCUT2D eigenvalue weighted by Gasteiger charge is 2.18. The van der Waals surface area contributed by atoms with Crippen molar-refractivity contribution >= 4 is 43.8 Å². The summed E-state index contributed by atoms with van der Waals surface area (Å²) in [5.41, 5.74) is 0.307. The maximum atomic E-state index is 12.4. The molecule has 0 aliphatic heterocycles. The van der Waals surface area contributed by atoms with Crippen molar-refractivity contribution < 1.29 is 13.2 Å². The first-order valence-corrected chi connectivity index (χ1v) is 9.98. The molecule has 0 fully saturated rings. The van der Waals surface area contributed by atoms with E-state index in [0.717, 1.165) is 11.3 Å². The van der Waals surface area contributed by atoms with Crippen LogP contribution in [-0.2, 0) is 10.0 Å². The molecule has 0 spiro atoms. The molecular formula is C17H9ClN4O3S2. The number of benzene rings is 2. The highest BCUT2D eigenvalue weighted by atomic mass is 35.5. The second-order valence-electron chi connectivity index (χ2n) is 5.04. The zero-order valence-electron chi connectivity index (χ0n) is 13.4. The molecule has 0 aliphatic rings. The van der Waals surface area contributed by atoms with Gasteiger partial charge < -0.3 is 4.74 Å². The molecule has 134 valence electrons. The maximum absolute atomic E-state index is 12.4. The van der Waals surface area contributed by atoms with Crippen molar-refractivity contribution in [2.75, 3.05) is 4.72 Å². The van der Waals surface area contributed by atoms with E-state index in [1.54, 1.807) is 5.38 Å². The second kappa shape index (κ2) is 7.64. The van der Waals surface area contributed by atoms with Crippen LogP contribution < -0.4 is 9.46 Å². The van der Waals surface area contributed by atoms with E-state index in [-0.39, 0.29) is 32.1 Å². The third kappa shape index (κ3) is 4.18. The smallest absolute Gasteiger partial charge is 0.263 e. The van der Waals surface area contributed by atoms with Crippen LogP contribution in [0.25, 0.3) is 4.85 Å². The normalized spacial score (nSPS) is 10.6. The van der Waals surface area contributed by atoms with Gasteiger partial charge in [0.25, 0.3) is 10.0 Å². The van der Waals surface area contributed by atoms with Gasteiger partial charge in [0.2, 0.25) is 5.69 Å². The zero-order chi connectivity index (χ0) is 19.4. The zero-order valence-corrected chi connectivity index (χ0v) is 15.8. The van der Waals surface area contributed by atoms with Gasteiger partial charge in [-0.25, -0.2) is 18.2 Å². The fourth-order valence-electron chi connectivity index (χ4n) is 2.07. The van der Waals surface area contributed by atoms with Crippen molar-refractivity contribution in [2.24, 2.45) is 0 Å². The Kier molecular flexibility index (Phi) is 5.28. The Morgan fingerprint density at radius 3 is 2.74 bits per heavy atom. The van der Waals surface area contributed by atoms with Gasteiger partial charge in [-0.2, -0.15) is 5.26 Å². The van der Waals surface area contributed by atoms with Crippen molar-refractivity contribution in [3.8, 4) is 17.6 Å². The first-order chi connectivity index (χ1) is 12.9. The summed E-state index contributed by atoms with van der Waals surface area (Å²) in [5.74, 6) is 0.484. The van der Waals surface area contributed by atoms with Crippen LogP contribution >= 0.6 is 22.9 Å². The van der Waals surface area contributed by atoms with Crippen molar-refractivity contribution in [3.63, 3.8) is 0 Å². The lowest BCUT2D eigenvalue weighted by atomic mass is 10.2. The SMILES string of the molecule is [C-]#[N+]c1ccc(Oc2ccc(S(=O)(=O)Nc3nccs3)cc2C#N)cc1Cl. The summed E-state index contributed by atoms with van der Waals surface area (Å²) >= 11 is 7.11. The number of hydrogen-bond acceptors (Lipinski definition) is 6. The lowest BCUT2D eigenvalue weighted by molar-refractivity contribution is 0.480. The number of anilines is 1. The number of thiazole rings is 1. The summed E-state index contributed by atoms with van der Waals surface area (Å²) in [5, 5.41) is 11.4. The van der Waals surface area contributed by atoms with Crippen molar-refractivity contribution in [3.05, 3.63) is 70.0 Å². The van der Waals surface area contributed by atoms with Crippen molar-refractivity contribution in [1.82, 2.24) is 4.98 Å². The van der Waals surface area contributed by atoms with E-state index >= 15 is 0 Å². The molecule has 3 rings (SSSR count). The van der Waals surface area contributed by atoms with Crippen molar-refractivity contribution in [2.45, 2.75) is 4.90 Å². The number of nitrogens with one attached hydrogen (secondary N) is 1. The lowest BCUT2D eigenvalue weighted by Gasteiger charge is -2.10. The summed E-state index contributed by atoms with van der Waals surface area (Å²) in [6.45, 7) is 6.98. The highest BCUT2D eigenvalue weighted by molar-refractivity contribution is 7.93. The van der Waals surface area contributed by atoms with Crippen LogP contribution in [0.4, 0.5) is 10.8 Å². The molecule has 0 bridgehead atoms. The number of ether oxygens (including phenoxy) is 1. The molecule has 1 aromatic heterocycles. The maximum Gasteiger partial charge on any atom is 0.263 e. The van der Waals surface area contributed by atoms with Gasteiger partial charge >= 0.3 is 0 Å². The number of sulfonamides is 1. The molecule has 10 heteroatoms. The van der Waals surface area contributed by atoms with Crippen LogP contribution in [0.3, 0.4) is 0 Å². The molecular weight excluding hydrogens is 408 g/mol. The average molecular weight is 417 g/mol. The quantitative estimate of drug-likeness (QED) is 0.602. The Hall–Kier alpha value is -3.11. The number of aromatic nitrogens is 1. The Morgan fingerprint density at radius 2 is 2.11 bits per heavy atom. The third-order valence-corrected chi connectivity index (χ3v) is 5.76. The van der Waals surface area contributed by atoms with Gasteiger partial charge in [-0.15, -0.1) is 11.3 Å². The number of nitriles is 1. The first kappa shape index (κ1) is 18.7. The van der Waals surface area contributed by atoms with Gasteiger partial charge in [0.1, 0.15) is 17.6 Å². The molecule has 0 radical (unpaired) electrons. The molecule has 0 saturated carbocycles. The minimum absolute atomic E-state index is 0.0300. The molecule has 0 unspecified atom stereocenters. The van der Waals surface area contributed by atoms with Gasteiger partial charge in [0.15, 0.2) is 5.13 Å². The molecule has 0 amide bonds. The number of hydrogen-bond donors (Lipinski definition) is 1. The lowest BCUT2D eigenvalue weighted by Crippen LogP contribution is -2.13. The molecule has 1 heterocycles. The molecule has 27 heavy (non-hydrogen) atoms. The predicted octanol–water partition coefficient (Wildman–Crippen LogP) is 4.81. The topological polar surface area (TPSA) is 96.4 Å². The number of rotatable bonds is 5. The number of halogens is 1. The van der Waals surface area contributed by atoms with Crippen molar-refractivity contribution in [1.29, 1.82) is 5.26 Å². The van der Waals surface area contributed by atoms with E-state index < -0.39 is 10.0 Å². The van der Waals surface area contributed by atoms with E-state index in [1.807, 2.05) is 6.07 Å². The second-order valence-corrected chi connectivity index (χ2v) is 8.02. The molecule has 0 aliphatic carbocycles. The molecule has 2 aromatic carbocycles. The van der Waals surface area contributed by atoms with E-state index in [9.17, 15) is 13.7 Å². The van der Waals surface area contributed by atoms with E-state index in [0.29, 0.717) is 5.75 Å². The average Bonchev–Trinajstić information content (AvgIpc) is 3.14. The molecule has 0 saturated heterocycles. The molecule has 3 aromatic rings. The monoisotopic (exact) mass is 416 g/mol. The summed E-state index contributed by atoms with van der Waals surface area (Å²) < 4.78 is 32.8. The van der Waals surface area contributed by atoms with Crippen LogP contribution in [0.1, 0.15) is 5.56 Å². The Morgan fingerprint density at radius 1 is 1.30 bits per heavy atom. The fourth-order valence-corrected chi connectivity index (χ4v) is 4.10. The van der Waals surface area contributed by atoms with E-state index in [2.05, 4.69) is 14.6 Å². The summed E-state index contributed by atoms with van der Waals surface area (Å²) in [6.07, 6.45) is 1.48. The summed E-state index contributed by atoms with van der Waals surface area (Å²) in [4.78, 5) is 7.03. The molecule has 0 atom stereocenters. The van der Waals surface area contributed by atoms with E-state index in [1.165, 1.54) is 42.6 Å². The van der Waals surface area contributed by atoms with Crippen LogP contribution in [0, 0.1) is 17.9 Å². The minimum Gasteiger partial charge on any atom is -0.456 e. The van der Waals surface area contributed by atoms with Crippen LogP contribution in [0.2, 0.25) is 5.02 Å². The van der Waals surface area contributed by atoms with Crippen LogP contribution in [-0.4, -0.2) is 13.4 Å². The van der Waals surface area contributed by atoms with Crippen LogP contribution in [0.5, 0.6) is 11.5 Å². The molecule has 1 N–H and O–H groups in total. The Bertz CT molecular complexity index is 1180.